The second kappa shape index (κ2) is 3.59. The topological polar surface area (TPSA) is 33.4 Å². The van der Waals surface area contributed by atoms with E-state index in [9.17, 15) is 5.11 Å². The molecule has 0 aliphatic heterocycles. The molecule has 1 atom stereocenters. The monoisotopic (exact) mass is 208 g/mol. The third kappa shape index (κ3) is 1.61. The Balaban J connectivity index is 2.36. The van der Waals surface area contributed by atoms with E-state index in [-0.39, 0.29) is 0 Å². The van der Waals surface area contributed by atoms with Gasteiger partial charge < -0.3 is 9.52 Å². The highest BCUT2D eigenvalue weighted by Gasteiger charge is 2.16. The molecule has 1 unspecified atom stereocenters. The number of aliphatic hydroxyl groups excluding tert-OH is 1. The third-order valence-corrected chi connectivity index (χ3v) is 3.17. The van der Waals surface area contributed by atoms with Crippen molar-refractivity contribution in [2.45, 2.75) is 20.0 Å². The lowest BCUT2D eigenvalue weighted by Crippen LogP contribution is -1.97. The molecule has 3 heteroatoms. The highest BCUT2D eigenvalue weighted by atomic mass is 32.1. The molecule has 0 aromatic carbocycles. The predicted molar refractivity (Wildman–Crippen MR) is 56.6 cm³/mol. The molecular formula is C11H12O2S. The zero-order valence-electron chi connectivity index (χ0n) is 8.15. The van der Waals surface area contributed by atoms with Gasteiger partial charge in [-0.25, -0.2) is 0 Å². The molecule has 0 saturated carbocycles. The molecule has 74 valence electrons. The smallest absolute Gasteiger partial charge is 0.138 e. The van der Waals surface area contributed by atoms with Crippen molar-refractivity contribution in [3.63, 3.8) is 0 Å². The number of furan rings is 1. The molecule has 2 nitrogen and oxygen atoms in total. The van der Waals surface area contributed by atoms with Crippen molar-refractivity contribution in [1.82, 2.24) is 0 Å². The molecule has 2 aromatic rings. The number of rotatable bonds is 2. The fourth-order valence-corrected chi connectivity index (χ4v) is 2.48. The van der Waals surface area contributed by atoms with E-state index >= 15 is 0 Å². The molecule has 2 heterocycles. The van der Waals surface area contributed by atoms with E-state index in [1.165, 1.54) is 4.88 Å². The van der Waals surface area contributed by atoms with E-state index in [0.717, 1.165) is 10.4 Å². The average Bonchev–Trinajstić information content (AvgIpc) is 2.73. The molecule has 14 heavy (non-hydrogen) atoms. The van der Waals surface area contributed by atoms with Gasteiger partial charge in [0.2, 0.25) is 0 Å². The quantitative estimate of drug-likeness (QED) is 0.823. The second-order valence-corrected chi connectivity index (χ2v) is 4.75. The molecule has 0 bridgehead atoms. The molecule has 0 radical (unpaired) electrons. The molecule has 2 rings (SSSR count). The van der Waals surface area contributed by atoms with Crippen LogP contribution >= 0.6 is 11.3 Å². The molecule has 0 amide bonds. The van der Waals surface area contributed by atoms with Crippen LogP contribution in [0.4, 0.5) is 0 Å². The van der Waals surface area contributed by atoms with Crippen LogP contribution < -0.4 is 0 Å². The van der Waals surface area contributed by atoms with E-state index in [4.69, 9.17) is 4.42 Å². The summed E-state index contributed by atoms with van der Waals surface area (Å²) < 4.78 is 5.17. The summed E-state index contributed by atoms with van der Waals surface area (Å²) in [6.45, 7) is 4.05. The maximum atomic E-state index is 9.99. The minimum absolute atomic E-state index is 0.603. The van der Waals surface area contributed by atoms with Crippen LogP contribution in [0.1, 0.15) is 27.2 Å². The molecular weight excluding hydrogens is 196 g/mol. The maximum absolute atomic E-state index is 9.99. The van der Waals surface area contributed by atoms with E-state index in [0.29, 0.717) is 5.76 Å². The first-order chi connectivity index (χ1) is 6.68. The zero-order valence-corrected chi connectivity index (χ0v) is 8.97. The van der Waals surface area contributed by atoms with E-state index < -0.39 is 6.10 Å². The Bertz CT molecular complexity index is 414. The Morgan fingerprint density at radius 1 is 1.43 bits per heavy atom. The highest BCUT2D eigenvalue weighted by molar-refractivity contribution is 7.12. The molecule has 0 aliphatic rings. The summed E-state index contributed by atoms with van der Waals surface area (Å²) in [5.74, 6) is 0.603. The SMILES string of the molecule is Cc1cc(C(O)c2ccco2)c(C)s1. The maximum Gasteiger partial charge on any atom is 0.138 e. The summed E-state index contributed by atoms with van der Waals surface area (Å²) >= 11 is 1.69. The first kappa shape index (κ1) is 9.49. The average molecular weight is 208 g/mol. The lowest BCUT2D eigenvalue weighted by Gasteiger charge is -2.06. The Hall–Kier alpha value is -1.06. The normalized spacial score (nSPS) is 13.1. The summed E-state index contributed by atoms with van der Waals surface area (Å²) in [6.07, 6.45) is 0.947. The second-order valence-electron chi connectivity index (χ2n) is 3.29. The van der Waals surface area contributed by atoms with E-state index in [2.05, 4.69) is 0 Å². The van der Waals surface area contributed by atoms with Gasteiger partial charge in [0.1, 0.15) is 11.9 Å². The Morgan fingerprint density at radius 2 is 2.21 bits per heavy atom. The molecule has 1 N–H and O–H groups in total. The third-order valence-electron chi connectivity index (χ3n) is 2.19. The summed E-state index contributed by atoms with van der Waals surface area (Å²) in [6, 6.07) is 5.58. The first-order valence-corrected chi connectivity index (χ1v) is 5.28. The van der Waals surface area contributed by atoms with Gasteiger partial charge in [0.05, 0.1) is 6.26 Å². The summed E-state index contributed by atoms with van der Waals surface area (Å²) in [7, 11) is 0. The largest absolute Gasteiger partial charge is 0.466 e. The Labute approximate surface area is 86.8 Å². The Kier molecular flexibility index (Phi) is 2.44. The lowest BCUT2D eigenvalue weighted by molar-refractivity contribution is 0.189. The van der Waals surface area contributed by atoms with Crippen LogP contribution in [-0.2, 0) is 0 Å². The number of aryl methyl sites for hydroxylation is 2. The fraction of sp³-hybridized carbons (Fsp3) is 0.273. The molecule has 2 aromatic heterocycles. The van der Waals surface area contributed by atoms with E-state index in [1.807, 2.05) is 19.9 Å². The zero-order chi connectivity index (χ0) is 10.1. The number of aliphatic hydroxyl groups is 1. The first-order valence-electron chi connectivity index (χ1n) is 4.47. The van der Waals surface area contributed by atoms with Crippen LogP contribution in [0.2, 0.25) is 0 Å². The van der Waals surface area contributed by atoms with Gasteiger partial charge in [0.15, 0.2) is 0 Å². The van der Waals surface area contributed by atoms with E-state index in [1.54, 1.807) is 29.7 Å². The van der Waals surface area contributed by atoms with Crippen molar-refractivity contribution >= 4 is 11.3 Å². The van der Waals surface area contributed by atoms with Crippen molar-refractivity contribution in [2.75, 3.05) is 0 Å². The molecule has 0 aliphatic carbocycles. The van der Waals surface area contributed by atoms with Gasteiger partial charge in [-0.05, 0) is 32.0 Å². The van der Waals surface area contributed by atoms with Crippen LogP contribution in [0.5, 0.6) is 0 Å². The van der Waals surface area contributed by atoms with Gasteiger partial charge >= 0.3 is 0 Å². The van der Waals surface area contributed by atoms with Crippen LogP contribution in [0.25, 0.3) is 0 Å². The number of thiophene rings is 1. The summed E-state index contributed by atoms with van der Waals surface area (Å²) in [5, 5.41) is 9.99. The number of hydrogen-bond acceptors (Lipinski definition) is 3. The van der Waals surface area contributed by atoms with Crippen molar-refractivity contribution in [3.8, 4) is 0 Å². The van der Waals surface area contributed by atoms with Crippen molar-refractivity contribution < 1.29 is 9.52 Å². The fourth-order valence-electron chi connectivity index (χ4n) is 1.52. The van der Waals surface area contributed by atoms with Gasteiger partial charge in [-0.2, -0.15) is 0 Å². The minimum atomic E-state index is -0.630. The predicted octanol–water partition coefficient (Wildman–Crippen LogP) is 3.04. The highest BCUT2D eigenvalue weighted by Crippen LogP contribution is 2.30. The molecule has 0 spiro atoms. The standard InChI is InChI=1S/C11H12O2S/c1-7-6-9(8(2)14-7)11(12)10-4-3-5-13-10/h3-6,11-12H,1-2H3. The van der Waals surface area contributed by atoms with Crippen molar-refractivity contribution in [2.24, 2.45) is 0 Å². The summed E-state index contributed by atoms with van der Waals surface area (Å²) in [4.78, 5) is 2.36. The van der Waals surface area contributed by atoms with Gasteiger partial charge in [-0.3, -0.25) is 0 Å². The number of hydrogen-bond donors (Lipinski definition) is 1. The van der Waals surface area contributed by atoms with Crippen LogP contribution in [-0.4, -0.2) is 5.11 Å². The van der Waals surface area contributed by atoms with Crippen LogP contribution in [0.3, 0.4) is 0 Å². The van der Waals surface area contributed by atoms with Gasteiger partial charge in [0, 0.05) is 15.3 Å². The molecule has 0 saturated heterocycles. The van der Waals surface area contributed by atoms with Crippen molar-refractivity contribution in [1.29, 1.82) is 0 Å². The Morgan fingerprint density at radius 3 is 2.71 bits per heavy atom. The van der Waals surface area contributed by atoms with Crippen LogP contribution in [0, 0.1) is 13.8 Å². The summed E-state index contributed by atoms with van der Waals surface area (Å²) in [5.41, 5.74) is 0.947. The van der Waals surface area contributed by atoms with Gasteiger partial charge in [-0.15, -0.1) is 11.3 Å². The van der Waals surface area contributed by atoms with Gasteiger partial charge in [-0.1, -0.05) is 0 Å². The minimum Gasteiger partial charge on any atom is -0.466 e. The van der Waals surface area contributed by atoms with Crippen molar-refractivity contribution in [3.05, 3.63) is 45.5 Å². The van der Waals surface area contributed by atoms with Gasteiger partial charge in [0.25, 0.3) is 0 Å². The molecule has 0 fully saturated rings. The van der Waals surface area contributed by atoms with Crippen LogP contribution in [0.15, 0.2) is 28.9 Å². The lowest BCUT2D eigenvalue weighted by atomic mass is 10.1.